The van der Waals surface area contributed by atoms with Crippen LogP contribution in [0.4, 0.5) is 24.5 Å². The van der Waals surface area contributed by atoms with Crippen LogP contribution >= 0.6 is 0 Å². The van der Waals surface area contributed by atoms with Gasteiger partial charge < -0.3 is 10.6 Å². The molecule has 1 heterocycles. The number of halogens is 3. The second-order valence-electron chi connectivity index (χ2n) is 6.98. The highest BCUT2D eigenvalue weighted by atomic mass is 32.2. The predicted octanol–water partition coefficient (Wildman–Crippen LogP) is 3.72. The van der Waals surface area contributed by atoms with Crippen molar-refractivity contribution in [3.05, 3.63) is 83.7 Å². The molecule has 33 heavy (non-hydrogen) atoms. The molecule has 0 fully saturated rings. The Morgan fingerprint density at radius 1 is 1.00 bits per heavy atom. The van der Waals surface area contributed by atoms with E-state index in [0.29, 0.717) is 12.1 Å². The van der Waals surface area contributed by atoms with E-state index in [1.54, 1.807) is 12.4 Å². The predicted molar refractivity (Wildman–Crippen MR) is 118 cm³/mol. The molecular formula is C22H21F3N4O3S. The van der Waals surface area contributed by atoms with Crippen molar-refractivity contribution in [2.24, 2.45) is 0 Å². The average molecular weight is 478 g/mol. The zero-order valence-electron chi connectivity index (χ0n) is 17.5. The maximum absolute atomic E-state index is 12.9. The number of carbonyl (C=O) groups excluding carboxylic acids is 1. The molecule has 0 saturated heterocycles. The van der Waals surface area contributed by atoms with Crippen LogP contribution in [0.3, 0.4) is 0 Å². The minimum atomic E-state index is -4.47. The number of benzene rings is 2. The standard InChI is InChI=1S/C22H21F3N4O3S/c1-26-33(31,32)18-6-7-20(29-17-4-2-16(3-5-17)22(23,24)25)19(14-18)21(30)28-13-10-15-8-11-27-12-9-15/h2-9,11-12,14,26,29H,10,13H2,1H3,(H,28,30). The van der Waals surface area contributed by atoms with Crippen LogP contribution in [0.25, 0.3) is 0 Å². The normalized spacial score (nSPS) is 11.8. The lowest BCUT2D eigenvalue weighted by atomic mass is 10.1. The van der Waals surface area contributed by atoms with Crippen molar-refractivity contribution in [3.8, 4) is 0 Å². The fourth-order valence-electron chi connectivity index (χ4n) is 2.97. The highest BCUT2D eigenvalue weighted by molar-refractivity contribution is 7.89. The van der Waals surface area contributed by atoms with Gasteiger partial charge in [-0.3, -0.25) is 9.78 Å². The summed E-state index contributed by atoms with van der Waals surface area (Å²) in [6.07, 6.45) is -0.670. The minimum absolute atomic E-state index is 0.0287. The maximum atomic E-state index is 12.9. The van der Waals surface area contributed by atoms with Gasteiger partial charge in [0.25, 0.3) is 5.91 Å². The minimum Gasteiger partial charge on any atom is -0.355 e. The third-order valence-electron chi connectivity index (χ3n) is 4.75. The number of anilines is 2. The SMILES string of the molecule is CNS(=O)(=O)c1ccc(Nc2ccc(C(F)(F)F)cc2)c(C(=O)NCCc2ccncc2)c1. The first-order valence-electron chi connectivity index (χ1n) is 9.79. The van der Waals surface area contributed by atoms with Gasteiger partial charge in [0.2, 0.25) is 10.0 Å². The summed E-state index contributed by atoms with van der Waals surface area (Å²) in [7, 11) is -2.57. The number of hydrogen-bond donors (Lipinski definition) is 3. The Hall–Kier alpha value is -3.44. The summed E-state index contributed by atoms with van der Waals surface area (Å²) in [4.78, 5) is 16.7. The third kappa shape index (κ3) is 6.30. The molecule has 2 aromatic carbocycles. The van der Waals surface area contributed by atoms with E-state index in [-0.39, 0.29) is 22.7 Å². The molecule has 174 valence electrons. The van der Waals surface area contributed by atoms with E-state index >= 15 is 0 Å². The molecule has 0 aliphatic carbocycles. The quantitative estimate of drug-likeness (QED) is 0.458. The van der Waals surface area contributed by atoms with Crippen molar-refractivity contribution in [3.63, 3.8) is 0 Å². The largest absolute Gasteiger partial charge is 0.416 e. The fraction of sp³-hybridized carbons (Fsp3) is 0.182. The maximum Gasteiger partial charge on any atom is 0.416 e. The van der Waals surface area contributed by atoms with Gasteiger partial charge in [0.05, 0.1) is 21.7 Å². The van der Waals surface area contributed by atoms with Crippen LogP contribution in [0, 0.1) is 0 Å². The van der Waals surface area contributed by atoms with Gasteiger partial charge in [-0.15, -0.1) is 0 Å². The summed E-state index contributed by atoms with van der Waals surface area (Å²) in [5.41, 5.74) is 0.725. The number of carbonyl (C=O) groups is 1. The number of amides is 1. The van der Waals surface area contributed by atoms with Gasteiger partial charge in [0, 0.05) is 24.6 Å². The van der Waals surface area contributed by atoms with Gasteiger partial charge >= 0.3 is 6.18 Å². The highest BCUT2D eigenvalue weighted by Gasteiger charge is 2.30. The molecule has 0 atom stereocenters. The van der Waals surface area contributed by atoms with Crippen LogP contribution in [-0.2, 0) is 22.6 Å². The summed E-state index contributed by atoms with van der Waals surface area (Å²) in [6.45, 7) is 0.283. The Balaban J connectivity index is 1.85. The van der Waals surface area contributed by atoms with E-state index in [1.807, 2.05) is 12.1 Å². The number of nitrogens with zero attached hydrogens (tertiary/aromatic N) is 1. The Labute approximate surface area is 189 Å². The molecule has 0 unspecified atom stereocenters. The van der Waals surface area contributed by atoms with Crippen LogP contribution in [0.15, 0.2) is 71.9 Å². The van der Waals surface area contributed by atoms with Gasteiger partial charge in [0.1, 0.15) is 0 Å². The molecule has 0 spiro atoms. The van der Waals surface area contributed by atoms with Crippen LogP contribution in [0.1, 0.15) is 21.5 Å². The van der Waals surface area contributed by atoms with E-state index in [1.165, 1.54) is 37.4 Å². The third-order valence-corrected chi connectivity index (χ3v) is 6.17. The first-order chi connectivity index (χ1) is 15.6. The molecule has 0 bridgehead atoms. The van der Waals surface area contributed by atoms with Gasteiger partial charge in [0.15, 0.2) is 0 Å². The van der Waals surface area contributed by atoms with E-state index < -0.39 is 27.7 Å². The number of alkyl halides is 3. The number of pyridine rings is 1. The number of rotatable bonds is 8. The van der Waals surface area contributed by atoms with Crippen molar-refractivity contribution in [2.75, 3.05) is 18.9 Å². The Kier molecular flexibility index (Phi) is 7.34. The summed E-state index contributed by atoms with van der Waals surface area (Å²) < 4.78 is 65.0. The average Bonchev–Trinajstić information content (AvgIpc) is 2.79. The number of nitrogens with one attached hydrogen (secondary N) is 3. The zero-order valence-corrected chi connectivity index (χ0v) is 18.3. The van der Waals surface area contributed by atoms with E-state index in [9.17, 15) is 26.4 Å². The van der Waals surface area contributed by atoms with E-state index in [4.69, 9.17) is 0 Å². The van der Waals surface area contributed by atoms with Gasteiger partial charge in [-0.1, -0.05) is 0 Å². The Morgan fingerprint density at radius 3 is 2.27 bits per heavy atom. The van der Waals surface area contributed by atoms with Crippen molar-refractivity contribution in [2.45, 2.75) is 17.5 Å². The molecule has 0 aliphatic rings. The van der Waals surface area contributed by atoms with Crippen molar-refractivity contribution >= 4 is 27.3 Å². The van der Waals surface area contributed by atoms with Gasteiger partial charge in [-0.25, -0.2) is 13.1 Å². The van der Waals surface area contributed by atoms with Crippen LogP contribution in [0.5, 0.6) is 0 Å². The topological polar surface area (TPSA) is 100 Å². The lowest BCUT2D eigenvalue weighted by Crippen LogP contribution is -2.27. The summed E-state index contributed by atoms with van der Waals surface area (Å²) in [5, 5.41) is 5.62. The zero-order chi connectivity index (χ0) is 24.1. The molecule has 3 aromatic rings. The van der Waals surface area contributed by atoms with Crippen LogP contribution in [0.2, 0.25) is 0 Å². The van der Waals surface area contributed by atoms with E-state index in [2.05, 4.69) is 20.3 Å². The first kappa shape index (κ1) is 24.2. The van der Waals surface area contributed by atoms with E-state index in [0.717, 1.165) is 17.7 Å². The fourth-order valence-corrected chi connectivity index (χ4v) is 3.72. The monoisotopic (exact) mass is 478 g/mol. The smallest absolute Gasteiger partial charge is 0.355 e. The van der Waals surface area contributed by atoms with Crippen molar-refractivity contribution in [1.82, 2.24) is 15.0 Å². The summed E-state index contributed by atoms with van der Waals surface area (Å²) in [6, 6.07) is 11.8. The molecule has 0 radical (unpaired) electrons. The number of aromatic nitrogens is 1. The summed E-state index contributed by atoms with van der Waals surface area (Å²) in [5.74, 6) is -0.536. The molecule has 3 rings (SSSR count). The lowest BCUT2D eigenvalue weighted by Gasteiger charge is -2.15. The van der Waals surface area contributed by atoms with Crippen molar-refractivity contribution < 1.29 is 26.4 Å². The molecule has 1 amide bonds. The molecule has 3 N–H and O–H groups in total. The molecule has 11 heteroatoms. The van der Waals surface area contributed by atoms with Crippen molar-refractivity contribution in [1.29, 1.82) is 0 Å². The second kappa shape index (κ2) is 10.0. The Bertz CT molecular complexity index is 1220. The number of hydrogen-bond acceptors (Lipinski definition) is 5. The highest BCUT2D eigenvalue weighted by Crippen LogP contribution is 2.31. The van der Waals surface area contributed by atoms with Crippen LogP contribution < -0.4 is 15.4 Å². The molecule has 0 saturated carbocycles. The van der Waals surface area contributed by atoms with Gasteiger partial charge in [-0.2, -0.15) is 13.2 Å². The molecule has 1 aromatic heterocycles. The Morgan fingerprint density at radius 2 is 1.67 bits per heavy atom. The molecular weight excluding hydrogens is 457 g/mol. The van der Waals surface area contributed by atoms with Gasteiger partial charge in [-0.05, 0) is 73.6 Å². The molecule has 7 nitrogen and oxygen atoms in total. The second-order valence-corrected chi connectivity index (χ2v) is 8.86. The lowest BCUT2D eigenvalue weighted by molar-refractivity contribution is -0.137. The first-order valence-corrected chi connectivity index (χ1v) is 11.3. The number of sulfonamides is 1. The molecule has 0 aliphatic heterocycles. The van der Waals surface area contributed by atoms with Crippen LogP contribution in [-0.4, -0.2) is 32.9 Å². The summed E-state index contributed by atoms with van der Waals surface area (Å²) >= 11 is 0.